The summed E-state index contributed by atoms with van der Waals surface area (Å²) in [5.74, 6) is 0.440. The molecular weight excluding hydrogens is 237 g/mol. The molecule has 2 aromatic heterocycles. The Morgan fingerprint density at radius 1 is 1.20 bits per heavy atom. The van der Waals surface area contributed by atoms with E-state index >= 15 is 0 Å². The molecule has 0 aliphatic carbocycles. The van der Waals surface area contributed by atoms with Gasteiger partial charge in [0.1, 0.15) is 6.33 Å². The monoisotopic (exact) mass is 243 g/mol. The lowest BCUT2D eigenvalue weighted by Gasteiger charge is -2.04. The van der Waals surface area contributed by atoms with Crippen LogP contribution in [-0.2, 0) is 0 Å². The fraction of sp³-hybridized carbons (Fsp3) is 0.250. The van der Waals surface area contributed by atoms with Crippen LogP contribution in [-0.4, -0.2) is 24.7 Å². The van der Waals surface area contributed by atoms with Crippen molar-refractivity contribution in [2.45, 2.75) is 13.8 Å². The number of imidazole rings is 1. The lowest BCUT2D eigenvalue weighted by atomic mass is 10.4. The minimum atomic E-state index is 0.0557. The number of hydrogen-bond donors (Lipinski definition) is 0. The van der Waals surface area contributed by atoms with E-state index in [1.165, 1.54) is 0 Å². The fourth-order valence-electron chi connectivity index (χ4n) is 1.15. The van der Waals surface area contributed by atoms with Gasteiger partial charge in [-0.3, -0.25) is 4.57 Å². The number of halogens is 2. The minimum absolute atomic E-state index is 0.0557. The summed E-state index contributed by atoms with van der Waals surface area (Å²) in [4.78, 5) is 8.14. The highest BCUT2D eigenvalue weighted by Gasteiger charge is 2.11. The van der Waals surface area contributed by atoms with Gasteiger partial charge >= 0.3 is 0 Å². The van der Waals surface area contributed by atoms with Crippen LogP contribution in [0.25, 0.3) is 5.82 Å². The van der Waals surface area contributed by atoms with Crippen molar-refractivity contribution in [3.05, 3.63) is 28.2 Å². The number of aromatic nitrogens is 5. The van der Waals surface area contributed by atoms with Crippen molar-refractivity contribution in [3.8, 4) is 5.82 Å². The molecule has 0 radical (unpaired) electrons. The lowest BCUT2D eigenvalue weighted by Crippen LogP contribution is -2.03. The predicted octanol–water partition coefficient (Wildman–Crippen LogP) is 1.98. The summed E-state index contributed by atoms with van der Waals surface area (Å²) in [7, 11) is 0. The van der Waals surface area contributed by atoms with Gasteiger partial charge < -0.3 is 0 Å². The quantitative estimate of drug-likeness (QED) is 0.769. The summed E-state index contributed by atoms with van der Waals surface area (Å²) in [6.07, 6.45) is 1.62. The molecule has 0 bridgehead atoms. The topological polar surface area (TPSA) is 56.5 Å². The summed E-state index contributed by atoms with van der Waals surface area (Å²) < 4.78 is 1.72. The van der Waals surface area contributed by atoms with Gasteiger partial charge in [0.15, 0.2) is 11.0 Å². The molecule has 0 unspecified atom stereocenters. The molecule has 0 aliphatic heterocycles. The fourth-order valence-corrected chi connectivity index (χ4v) is 1.44. The third kappa shape index (κ3) is 1.80. The van der Waals surface area contributed by atoms with Crippen LogP contribution in [0.15, 0.2) is 6.33 Å². The standard InChI is InChI=1S/C8H7Cl2N5/c1-4-5(2)15(3-11-4)7-6(9)13-14-8(10)12-7/h3H,1-2H3. The maximum absolute atomic E-state index is 5.87. The average molecular weight is 244 g/mol. The van der Waals surface area contributed by atoms with Gasteiger partial charge in [0, 0.05) is 5.69 Å². The van der Waals surface area contributed by atoms with Gasteiger partial charge in [0.2, 0.25) is 5.28 Å². The van der Waals surface area contributed by atoms with Gasteiger partial charge in [-0.2, -0.15) is 4.98 Å². The Kier molecular flexibility index (Phi) is 2.58. The molecule has 2 heterocycles. The Morgan fingerprint density at radius 2 is 1.93 bits per heavy atom. The first-order chi connectivity index (χ1) is 7.09. The van der Waals surface area contributed by atoms with E-state index in [2.05, 4.69) is 20.2 Å². The predicted molar refractivity (Wildman–Crippen MR) is 56.4 cm³/mol. The first-order valence-electron chi connectivity index (χ1n) is 4.16. The average Bonchev–Trinajstić information content (AvgIpc) is 2.52. The highest BCUT2D eigenvalue weighted by atomic mass is 35.5. The molecule has 2 aromatic rings. The van der Waals surface area contributed by atoms with E-state index in [1.807, 2.05) is 13.8 Å². The van der Waals surface area contributed by atoms with Gasteiger partial charge in [-0.15, -0.1) is 10.2 Å². The van der Waals surface area contributed by atoms with Gasteiger partial charge in [0.25, 0.3) is 0 Å². The second-order valence-corrected chi connectivity index (χ2v) is 3.68. The number of aryl methyl sites for hydroxylation is 1. The van der Waals surface area contributed by atoms with Gasteiger partial charge in [-0.1, -0.05) is 11.6 Å². The second kappa shape index (κ2) is 3.75. The van der Waals surface area contributed by atoms with Crippen LogP contribution in [0.1, 0.15) is 11.4 Å². The highest BCUT2D eigenvalue weighted by Crippen LogP contribution is 2.18. The van der Waals surface area contributed by atoms with Crippen molar-refractivity contribution < 1.29 is 0 Å². The van der Waals surface area contributed by atoms with Crippen molar-refractivity contribution in [2.24, 2.45) is 0 Å². The van der Waals surface area contributed by atoms with Crippen molar-refractivity contribution in [3.63, 3.8) is 0 Å². The van der Waals surface area contributed by atoms with Crippen molar-refractivity contribution >= 4 is 23.2 Å². The maximum atomic E-state index is 5.87. The van der Waals surface area contributed by atoms with Crippen LogP contribution in [0.4, 0.5) is 0 Å². The second-order valence-electron chi connectivity index (χ2n) is 2.98. The smallest absolute Gasteiger partial charge is 0.245 e. The SMILES string of the molecule is Cc1ncn(-c2nc(Cl)nnc2Cl)c1C. The number of hydrogen-bond acceptors (Lipinski definition) is 4. The molecule has 0 aromatic carbocycles. The summed E-state index contributed by atoms with van der Waals surface area (Å²) >= 11 is 11.5. The Bertz CT molecular complexity index is 508. The molecule has 2 rings (SSSR count). The molecule has 15 heavy (non-hydrogen) atoms. The van der Waals surface area contributed by atoms with Gasteiger partial charge in [-0.25, -0.2) is 4.98 Å². The molecular formula is C8H7Cl2N5. The molecule has 0 N–H and O–H groups in total. The van der Waals surface area contributed by atoms with Crippen LogP contribution < -0.4 is 0 Å². The van der Waals surface area contributed by atoms with Crippen molar-refractivity contribution in [1.82, 2.24) is 24.7 Å². The first kappa shape index (κ1) is 10.3. The zero-order valence-corrected chi connectivity index (χ0v) is 9.58. The van der Waals surface area contributed by atoms with E-state index in [-0.39, 0.29) is 10.4 Å². The van der Waals surface area contributed by atoms with Crippen LogP contribution in [0.2, 0.25) is 10.4 Å². The molecule has 0 saturated heterocycles. The molecule has 7 heteroatoms. The van der Waals surface area contributed by atoms with Gasteiger partial charge in [0.05, 0.1) is 5.69 Å². The van der Waals surface area contributed by atoms with E-state index in [4.69, 9.17) is 23.2 Å². The Balaban J connectivity index is 2.63. The van der Waals surface area contributed by atoms with E-state index < -0.39 is 0 Å². The maximum Gasteiger partial charge on any atom is 0.245 e. The third-order valence-electron chi connectivity index (χ3n) is 2.08. The first-order valence-corrected chi connectivity index (χ1v) is 4.92. The Morgan fingerprint density at radius 3 is 2.53 bits per heavy atom. The summed E-state index contributed by atoms with van der Waals surface area (Å²) in [5.41, 5.74) is 1.84. The molecule has 0 atom stereocenters. The summed E-state index contributed by atoms with van der Waals surface area (Å²) in [5, 5.41) is 7.47. The lowest BCUT2D eigenvalue weighted by molar-refractivity contribution is 0.880. The van der Waals surface area contributed by atoms with Crippen LogP contribution >= 0.6 is 23.2 Å². The molecule has 5 nitrogen and oxygen atoms in total. The van der Waals surface area contributed by atoms with E-state index in [0.717, 1.165) is 11.4 Å². The molecule has 0 fully saturated rings. The molecule has 78 valence electrons. The van der Waals surface area contributed by atoms with Crippen LogP contribution in [0.5, 0.6) is 0 Å². The summed E-state index contributed by atoms with van der Waals surface area (Å²) in [6, 6.07) is 0. The molecule has 0 amide bonds. The van der Waals surface area contributed by atoms with Crippen molar-refractivity contribution in [1.29, 1.82) is 0 Å². The largest absolute Gasteiger partial charge is 0.285 e. The number of rotatable bonds is 1. The number of nitrogens with zero attached hydrogens (tertiary/aromatic N) is 5. The van der Waals surface area contributed by atoms with E-state index in [9.17, 15) is 0 Å². The molecule has 0 saturated carbocycles. The van der Waals surface area contributed by atoms with E-state index in [1.54, 1.807) is 10.9 Å². The van der Waals surface area contributed by atoms with Crippen LogP contribution in [0, 0.1) is 13.8 Å². The summed E-state index contributed by atoms with van der Waals surface area (Å²) in [6.45, 7) is 3.81. The minimum Gasteiger partial charge on any atom is -0.285 e. The van der Waals surface area contributed by atoms with Crippen LogP contribution in [0.3, 0.4) is 0 Å². The Labute approximate surface area is 96.1 Å². The van der Waals surface area contributed by atoms with E-state index in [0.29, 0.717) is 5.82 Å². The molecule has 0 aliphatic rings. The normalized spacial score (nSPS) is 10.7. The molecule has 0 spiro atoms. The zero-order chi connectivity index (χ0) is 11.0. The van der Waals surface area contributed by atoms with Crippen molar-refractivity contribution in [2.75, 3.05) is 0 Å². The Hall–Kier alpha value is -1.20. The highest BCUT2D eigenvalue weighted by molar-refractivity contribution is 6.31. The van der Waals surface area contributed by atoms with Gasteiger partial charge in [-0.05, 0) is 25.4 Å². The zero-order valence-electron chi connectivity index (χ0n) is 8.07. The third-order valence-corrected chi connectivity index (χ3v) is 2.49.